The topological polar surface area (TPSA) is 68.4 Å². The van der Waals surface area contributed by atoms with Gasteiger partial charge in [-0.25, -0.2) is 0 Å². The summed E-state index contributed by atoms with van der Waals surface area (Å²) in [6.45, 7) is 5.48. The predicted octanol–water partition coefficient (Wildman–Crippen LogP) is 0.959. The first-order valence-corrected chi connectivity index (χ1v) is 3.77. The molecule has 13 heavy (non-hydrogen) atoms. The first kappa shape index (κ1) is 9.66. The van der Waals surface area contributed by atoms with Crippen molar-refractivity contribution in [3.8, 4) is 0 Å². The van der Waals surface area contributed by atoms with Gasteiger partial charge in [0.2, 0.25) is 12.2 Å². The molecule has 1 rings (SSSR count). The predicted molar refractivity (Wildman–Crippen MR) is 43.8 cm³/mol. The van der Waals surface area contributed by atoms with Gasteiger partial charge < -0.3 is 0 Å². The third-order valence-corrected chi connectivity index (χ3v) is 1.07. The number of hydrogen-bond acceptors (Lipinski definition) is 4. The average molecular weight is 183 g/mol. The van der Waals surface area contributed by atoms with Crippen molar-refractivity contribution < 1.29 is 9.63 Å². The summed E-state index contributed by atoms with van der Waals surface area (Å²) in [5, 5.41) is 7.82. The van der Waals surface area contributed by atoms with Crippen LogP contribution in [0.5, 0.6) is 0 Å². The van der Waals surface area contributed by atoms with E-state index < -0.39 is 5.60 Å². The fraction of sp³-hybridized carbons (Fsp3) is 0.571. The molecule has 0 aromatic rings. The molecule has 0 spiro atoms. The van der Waals surface area contributed by atoms with Crippen LogP contribution in [0.3, 0.4) is 0 Å². The molecule has 0 fully saturated rings. The van der Waals surface area contributed by atoms with Gasteiger partial charge in [-0.05, 0) is 26.0 Å². The number of amides is 1. The van der Waals surface area contributed by atoms with E-state index in [0.29, 0.717) is 6.41 Å². The van der Waals surface area contributed by atoms with Crippen LogP contribution in [-0.4, -0.2) is 17.1 Å². The molecule has 0 saturated heterocycles. The van der Waals surface area contributed by atoms with E-state index in [9.17, 15) is 4.79 Å². The number of hydroxylamine groups is 2. The van der Waals surface area contributed by atoms with Crippen molar-refractivity contribution in [2.45, 2.75) is 26.4 Å². The van der Waals surface area contributed by atoms with Gasteiger partial charge in [-0.15, -0.1) is 10.5 Å². The Hall–Kier alpha value is -1.43. The quantitative estimate of drug-likeness (QED) is 0.483. The fourth-order valence-electron chi connectivity index (χ4n) is 0.693. The number of carbonyl (C=O) groups excluding carboxylic acids is 1. The smallest absolute Gasteiger partial charge is 0.239 e. The van der Waals surface area contributed by atoms with E-state index in [-0.39, 0.29) is 5.82 Å². The maximum atomic E-state index is 10.6. The van der Waals surface area contributed by atoms with E-state index in [2.05, 4.69) is 15.8 Å². The van der Waals surface area contributed by atoms with Crippen molar-refractivity contribution in [3.05, 3.63) is 12.0 Å². The van der Waals surface area contributed by atoms with Gasteiger partial charge in [0.05, 0.1) is 11.8 Å². The SMILES string of the molecule is CC(C)(C)ON(C=O)C1=CN=N[N]1. The van der Waals surface area contributed by atoms with E-state index >= 15 is 0 Å². The molecule has 1 heterocycles. The minimum absolute atomic E-state index is 0.282. The lowest BCUT2D eigenvalue weighted by Gasteiger charge is -2.25. The maximum Gasteiger partial charge on any atom is 0.239 e. The Morgan fingerprint density at radius 1 is 1.54 bits per heavy atom. The summed E-state index contributed by atoms with van der Waals surface area (Å²) in [5.74, 6) is 0.282. The Kier molecular flexibility index (Phi) is 2.62. The van der Waals surface area contributed by atoms with Crippen LogP contribution in [0, 0.1) is 0 Å². The summed E-state index contributed by atoms with van der Waals surface area (Å²) < 4.78 is 0. The molecule has 0 N–H and O–H groups in total. The standard InChI is InChI=1S/C7H11N4O2/c1-7(2,3)13-11(5-12)6-4-8-10-9-6/h4-5H,1-3H3. The molecule has 6 nitrogen and oxygen atoms in total. The molecule has 0 aromatic heterocycles. The van der Waals surface area contributed by atoms with Crippen LogP contribution >= 0.6 is 0 Å². The second-order valence-corrected chi connectivity index (χ2v) is 3.43. The zero-order valence-corrected chi connectivity index (χ0v) is 7.76. The van der Waals surface area contributed by atoms with Gasteiger partial charge >= 0.3 is 0 Å². The molecule has 0 atom stereocenters. The van der Waals surface area contributed by atoms with Crippen LogP contribution in [0.2, 0.25) is 0 Å². The minimum Gasteiger partial charge on any atom is -0.276 e. The first-order valence-electron chi connectivity index (χ1n) is 3.77. The van der Waals surface area contributed by atoms with Crippen LogP contribution in [-0.2, 0) is 9.63 Å². The normalized spacial score (nSPS) is 15.2. The third kappa shape index (κ3) is 2.83. The lowest BCUT2D eigenvalue weighted by atomic mass is 10.2. The largest absolute Gasteiger partial charge is 0.276 e. The minimum atomic E-state index is -0.458. The van der Waals surface area contributed by atoms with E-state index in [4.69, 9.17) is 4.84 Å². The van der Waals surface area contributed by atoms with Gasteiger partial charge in [-0.2, -0.15) is 5.06 Å². The highest BCUT2D eigenvalue weighted by atomic mass is 16.7. The fourth-order valence-corrected chi connectivity index (χ4v) is 0.693. The summed E-state index contributed by atoms with van der Waals surface area (Å²) in [6, 6.07) is 0. The Labute approximate surface area is 76.2 Å². The van der Waals surface area contributed by atoms with Gasteiger partial charge in [0.15, 0.2) is 0 Å². The van der Waals surface area contributed by atoms with E-state index in [1.807, 2.05) is 20.8 Å². The monoisotopic (exact) mass is 183 g/mol. The summed E-state index contributed by atoms with van der Waals surface area (Å²) in [7, 11) is 0. The number of carbonyl (C=O) groups is 1. The molecule has 6 heteroatoms. The second-order valence-electron chi connectivity index (χ2n) is 3.43. The number of hydrogen-bond donors (Lipinski definition) is 0. The third-order valence-electron chi connectivity index (χ3n) is 1.07. The molecule has 1 amide bonds. The van der Waals surface area contributed by atoms with E-state index in [1.54, 1.807) is 0 Å². The summed E-state index contributed by atoms with van der Waals surface area (Å²) in [4.78, 5) is 15.8. The van der Waals surface area contributed by atoms with Crippen molar-refractivity contribution in [3.63, 3.8) is 0 Å². The number of rotatable bonds is 3. The van der Waals surface area contributed by atoms with Gasteiger partial charge in [0.1, 0.15) is 0 Å². The van der Waals surface area contributed by atoms with Gasteiger partial charge in [0.25, 0.3) is 0 Å². The van der Waals surface area contributed by atoms with Crippen molar-refractivity contribution >= 4 is 6.41 Å². The Bertz CT molecular complexity index is 254. The van der Waals surface area contributed by atoms with Gasteiger partial charge in [0, 0.05) is 0 Å². The molecule has 0 unspecified atom stereocenters. The number of nitrogens with zero attached hydrogens (tertiary/aromatic N) is 4. The molecule has 0 bridgehead atoms. The van der Waals surface area contributed by atoms with Crippen LogP contribution in [0.25, 0.3) is 0 Å². The molecule has 0 saturated carbocycles. The van der Waals surface area contributed by atoms with Gasteiger partial charge in [-0.1, -0.05) is 0 Å². The van der Waals surface area contributed by atoms with Crippen LogP contribution in [0.1, 0.15) is 20.8 Å². The zero-order chi connectivity index (χ0) is 9.90. The van der Waals surface area contributed by atoms with E-state index in [1.165, 1.54) is 6.20 Å². The molecule has 1 aliphatic rings. The van der Waals surface area contributed by atoms with Crippen LogP contribution in [0.15, 0.2) is 22.4 Å². The van der Waals surface area contributed by atoms with E-state index in [0.717, 1.165) is 5.06 Å². The molecular weight excluding hydrogens is 172 g/mol. The maximum absolute atomic E-state index is 10.6. The lowest BCUT2D eigenvalue weighted by Crippen LogP contribution is -2.33. The van der Waals surface area contributed by atoms with Gasteiger partial charge in [-0.3, -0.25) is 9.63 Å². The summed E-state index contributed by atoms with van der Waals surface area (Å²) >= 11 is 0. The Morgan fingerprint density at radius 2 is 2.23 bits per heavy atom. The highest BCUT2D eigenvalue weighted by Crippen LogP contribution is 2.14. The average Bonchev–Trinajstić information content (AvgIpc) is 2.50. The molecule has 0 aliphatic carbocycles. The highest BCUT2D eigenvalue weighted by molar-refractivity contribution is 5.48. The molecule has 1 aliphatic heterocycles. The summed E-state index contributed by atoms with van der Waals surface area (Å²) in [6.07, 6.45) is 1.87. The van der Waals surface area contributed by atoms with Crippen molar-refractivity contribution in [1.29, 1.82) is 0 Å². The zero-order valence-electron chi connectivity index (χ0n) is 7.76. The van der Waals surface area contributed by atoms with Crippen molar-refractivity contribution in [2.24, 2.45) is 10.3 Å². The van der Waals surface area contributed by atoms with Crippen molar-refractivity contribution in [2.75, 3.05) is 0 Å². The molecule has 0 aromatic carbocycles. The van der Waals surface area contributed by atoms with Crippen molar-refractivity contribution in [1.82, 2.24) is 10.5 Å². The Balaban J connectivity index is 2.58. The highest BCUT2D eigenvalue weighted by Gasteiger charge is 2.21. The van der Waals surface area contributed by atoms with Crippen LogP contribution < -0.4 is 5.43 Å². The summed E-state index contributed by atoms with van der Waals surface area (Å²) in [5.41, 5.74) is 3.12. The Morgan fingerprint density at radius 3 is 2.62 bits per heavy atom. The lowest BCUT2D eigenvalue weighted by molar-refractivity contribution is -0.202. The second kappa shape index (κ2) is 3.53. The molecule has 71 valence electrons. The molecule has 1 radical (unpaired) electrons. The first-order chi connectivity index (χ1) is 6.03. The van der Waals surface area contributed by atoms with Crippen LogP contribution in [0.4, 0.5) is 0 Å². The molecular formula is C7H11N4O2.